The summed E-state index contributed by atoms with van der Waals surface area (Å²) in [4.78, 5) is 26.0. The molecule has 1 aliphatic heterocycles. The van der Waals surface area contributed by atoms with E-state index in [1.54, 1.807) is 4.57 Å². The standard InChI is InChI=1S/C22H27N3O2/c1-15-10-13-25(19-8-11-23-12-9-19)22(27)20(15)21(26)24-18-7-6-16-4-2-3-5-17(16)14-18/h2-5,10,13,18-19,23H,6-9,11-12,14H2,1H3,(H,24,26). The monoisotopic (exact) mass is 365 g/mol. The third kappa shape index (κ3) is 3.69. The molecule has 0 saturated carbocycles. The Bertz CT molecular complexity index is 897. The lowest BCUT2D eigenvalue weighted by Crippen LogP contribution is -2.43. The molecule has 5 nitrogen and oxygen atoms in total. The number of piperidine rings is 1. The number of hydrogen-bond donors (Lipinski definition) is 2. The van der Waals surface area contributed by atoms with E-state index in [0.717, 1.165) is 50.8 Å². The van der Waals surface area contributed by atoms with E-state index in [1.165, 1.54) is 11.1 Å². The second-order valence-corrected chi connectivity index (χ2v) is 7.75. The number of fused-ring (bicyclic) bond motifs is 1. The number of benzene rings is 1. The molecule has 1 saturated heterocycles. The van der Waals surface area contributed by atoms with E-state index < -0.39 is 0 Å². The Kier molecular flexibility index (Phi) is 5.12. The third-order valence-electron chi connectivity index (χ3n) is 5.94. The second-order valence-electron chi connectivity index (χ2n) is 7.75. The molecule has 2 aromatic rings. The number of pyridine rings is 1. The number of rotatable bonds is 3. The Hall–Kier alpha value is -2.40. The molecular weight excluding hydrogens is 338 g/mol. The highest BCUT2D eigenvalue weighted by molar-refractivity contribution is 5.95. The summed E-state index contributed by atoms with van der Waals surface area (Å²) < 4.78 is 1.76. The van der Waals surface area contributed by atoms with Crippen molar-refractivity contribution in [1.82, 2.24) is 15.2 Å². The number of carbonyl (C=O) groups excluding carboxylic acids is 1. The van der Waals surface area contributed by atoms with Gasteiger partial charge >= 0.3 is 0 Å². The Labute approximate surface area is 159 Å². The Morgan fingerprint density at radius 2 is 1.85 bits per heavy atom. The van der Waals surface area contributed by atoms with Gasteiger partial charge in [0.25, 0.3) is 11.5 Å². The first-order valence-corrected chi connectivity index (χ1v) is 9.93. The Morgan fingerprint density at radius 1 is 1.11 bits per heavy atom. The number of nitrogens with zero attached hydrogens (tertiary/aromatic N) is 1. The van der Waals surface area contributed by atoms with Crippen molar-refractivity contribution in [2.75, 3.05) is 13.1 Å². The van der Waals surface area contributed by atoms with Crippen LogP contribution in [0, 0.1) is 6.92 Å². The Morgan fingerprint density at radius 3 is 2.63 bits per heavy atom. The Balaban J connectivity index is 1.54. The molecule has 1 aromatic carbocycles. The summed E-state index contributed by atoms with van der Waals surface area (Å²) in [6, 6.07) is 10.6. The SMILES string of the molecule is Cc1ccn(C2CCNCC2)c(=O)c1C(=O)NC1CCc2ccccc2C1. The average molecular weight is 365 g/mol. The van der Waals surface area contributed by atoms with E-state index in [1.807, 2.05) is 25.3 Å². The van der Waals surface area contributed by atoms with Crippen molar-refractivity contribution in [2.45, 2.75) is 51.1 Å². The molecule has 0 radical (unpaired) electrons. The lowest BCUT2D eigenvalue weighted by atomic mass is 9.88. The minimum Gasteiger partial charge on any atom is -0.349 e. The average Bonchev–Trinajstić information content (AvgIpc) is 2.68. The molecule has 1 fully saturated rings. The van der Waals surface area contributed by atoms with E-state index in [-0.39, 0.29) is 23.6 Å². The molecule has 0 spiro atoms. The quantitative estimate of drug-likeness (QED) is 0.878. The molecule has 0 bridgehead atoms. The fraction of sp³-hybridized carbons (Fsp3) is 0.455. The first kappa shape index (κ1) is 18.0. The summed E-state index contributed by atoms with van der Waals surface area (Å²) >= 11 is 0. The largest absolute Gasteiger partial charge is 0.349 e. The van der Waals surface area contributed by atoms with Crippen molar-refractivity contribution in [3.05, 3.63) is 69.1 Å². The zero-order valence-electron chi connectivity index (χ0n) is 15.8. The first-order valence-electron chi connectivity index (χ1n) is 9.93. The van der Waals surface area contributed by atoms with Crippen molar-refractivity contribution < 1.29 is 4.79 Å². The molecule has 1 amide bonds. The minimum absolute atomic E-state index is 0.0822. The van der Waals surface area contributed by atoms with Crippen molar-refractivity contribution in [2.24, 2.45) is 0 Å². The minimum atomic E-state index is -0.231. The third-order valence-corrected chi connectivity index (χ3v) is 5.94. The van der Waals surface area contributed by atoms with E-state index >= 15 is 0 Å². The zero-order valence-corrected chi connectivity index (χ0v) is 15.8. The first-order chi connectivity index (χ1) is 13.1. The molecule has 142 valence electrons. The van der Waals surface area contributed by atoms with Crippen LogP contribution in [0.25, 0.3) is 0 Å². The summed E-state index contributed by atoms with van der Waals surface area (Å²) in [7, 11) is 0. The van der Waals surface area contributed by atoms with Crippen LogP contribution in [0.4, 0.5) is 0 Å². The predicted octanol–water partition coefficient (Wildman–Crippen LogP) is 2.37. The smallest absolute Gasteiger partial charge is 0.263 e. The van der Waals surface area contributed by atoms with Crippen molar-refractivity contribution >= 4 is 5.91 Å². The highest BCUT2D eigenvalue weighted by atomic mass is 16.2. The summed E-state index contributed by atoms with van der Waals surface area (Å²) in [5, 5.41) is 6.44. The molecule has 27 heavy (non-hydrogen) atoms. The van der Waals surface area contributed by atoms with E-state index in [0.29, 0.717) is 5.56 Å². The zero-order chi connectivity index (χ0) is 18.8. The number of amides is 1. The van der Waals surface area contributed by atoms with Gasteiger partial charge in [-0.25, -0.2) is 0 Å². The van der Waals surface area contributed by atoms with Crippen molar-refractivity contribution in [3.8, 4) is 0 Å². The van der Waals surface area contributed by atoms with Gasteiger partial charge in [-0.15, -0.1) is 0 Å². The molecular formula is C22H27N3O2. The summed E-state index contributed by atoms with van der Waals surface area (Å²) in [6.07, 6.45) is 6.40. The normalized spacial score (nSPS) is 20.1. The molecule has 1 unspecified atom stereocenters. The van der Waals surface area contributed by atoms with Crippen LogP contribution in [0.1, 0.15) is 52.4 Å². The number of hydrogen-bond acceptors (Lipinski definition) is 3. The van der Waals surface area contributed by atoms with Crippen LogP contribution in [0.5, 0.6) is 0 Å². The van der Waals surface area contributed by atoms with Gasteiger partial charge < -0.3 is 15.2 Å². The summed E-state index contributed by atoms with van der Waals surface area (Å²) in [6.45, 7) is 3.67. The molecule has 2 heterocycles. The molecule has 1 atom stereocenters. The van der Waals surface area contributed by atoms with Gasteiger partial charge in [-0.2, -0.15) is 0 Å². The van der Waals surface area contributed by atoms with E-state index in [2.05, 4.69) is 28.8 Å². The fourth-order valence-electron chi connectivity index (χ4n) is 4.37. The molecule has 1 aromatic heterocycles. The van der Waals surface area contributed by atoms with Gasteiger partial charge in [-0.05, 0) is 74.9 Å². The van der Waals surface area contributed by atoms with Gasteiger partial charge in [0, 0.05) is 18.3 Å². The summed E-state index contributed by atoms with van der Waals surface area (Å²) in [5.74, 6) is -0.231. The molecule has 2 N–H and O–H groups in total. The van der Waals surface area contributed by atoms with Crippen LogP contribution in [-0.4, -0.2) is 29.6 Å². The predicted molar refractivity (Wildman–Crippen MR) is 106 cm³/mol. The maximum Gasteiger partial charge on any atom is 0.263 e. The number of aromatic nitrogens is 1. The van der Waals surface area contributed by atoms with Crippen LogP contribution >= 0.6 is 0 Å². The lowest BCUT2D eigenvalue weighted by Gasteiger charge is -2.27. The molecule has 1 aliphatic carbocycles. The van der Waals surface area contributed by atoms with Gasteiger partial charge in [0.1, 0.15) is 5.56 Å². The van der Waals surface area contributed by atoms with Crippen LogP contribution in [0.15, 0.2) is 41.3 Å². The van der Waals surface area contributed by atoms with Crippen LogP contribution in [0.2, 0.25) is 0 Å². The molecule has 4 rings (SSSR count). The van der Waals surface area contributed by atoms with E-state index in [9.17, 15) is 9.59 Å². The lowest BCUT2D eigenvalue weighted by molar-refractivity contribution is 0.0930. The van der Waals surface area contributed by atoms with Crippen molar-refractivity contribution in [1.29, 1.82) is 0 Å². The van der Waals surface area contributed by atoms with Gasteiger partial charge in [-0.1, -0.05) is 24.3 Å². The maximum absolute atomic E-state index is 13.1. The van der Waals surface area contributed by atoms with Gasteiger partial charge in [0.15, 0.2) is 0 Å². The van der Waals surface area contributed by atoms with Crippen LogP contribution < -0.4 is 16.2 Å². The van der Waals surface area contributed by atoms with Gasteiger partial charge in [0.05, 0.1) is 0 Å². The van der Waals surface area contributed by atoms with Crippen LogP contribution in [0.3, 0.4) is 0 Å². The fourth-order valence-corrected chi connectivity index (χ4v) is 4.37. The van der Waals surface area contributed by atoms with E-state index in [4.69, 9.17) is 0 Å². The highest BCUT2D eigenvalue weighted by Crippen LogP contribution is 2.22. The molecule has 2 aliphatic rings. The summed E-state index contributed by atoms with van der Waals surface area (Å²) in [5.41, 5.74) is 3.56. The molecule has 5 heteroatoms. The van der Waals surface area contributed by atoms with Crippen molar-refractivity contribution in [3.63, 3.8) is 0 Å². The number of aryl methyl sites for hydroxylation is 2. The van der Waals surface area contributed by atoms with Gasteiger partial charge in [-0.3, -0.25) is 9.59 Å². The number of carbonyl (C=O) groups is 1. The number of nitrogens with one attached hydrogen (secondary N) is 2. The topological polar surface area (TPSA) is 63.1 Å². The second kappa shape index (κ2) is 7.69. The maximum atomic E-state index is 13.1. The van der Waals surface area contributed by atoms with Crippen LogP contribution in [-0.2, 0) is 12.8 Å². The van der Waals surface area contributed by atoms with Gasteiger partial charge in [0.2, 0.25) is 0 Å². The highest BCUT2D eigenvalue weighted by Gasteiger charge is 2.25.